The number of thioether (sulfide) groups is 1. The van der Waals surface area contributed by atoms with Crippen molar-refractivity contribution in [2.45, 2.75) is 17.6 Å². The molecule has 0 aliphatic heterocycles. The molecule has 0 aliphatic rings. The summed E-state index contributed by atoms with van der Waals surface area (Å²) in [6.07, 6.45) is 1.58. The van der Waals surface area contributed by atoms with Crippen LogP contribution < -0.4 is 0 Å². The second-order valence-corrected chi connectivity index (χ2v) is 6.52. The summed E-state index contributed by atoms with van der Waals surface area (Å²) in [7, 11) is 1.26. The third-order valence-electron chi connectivity index (χ3n) is 3.29. The van der Waals surface area contributed by atoms with Crippen molar-refractivity contribution in [1.29, 1.82) is 0 Å². The van der Waals surface area contributed by atoms with Gasteiger partial charge in [0.05, 0.1) is 7.11 Å². The Balaban J connectivity index is 2.26. The van der Waals surface area contributed by atoms with Gasteiger partial charge in [0.2, 0.25) is 0 Å². The average Bonchev–Trinajstić information content (AvgIpc) is 2.57. The van der Waals surface area contributed by atoms with Crippen LogP contribution in [0.5, 0.6) is 0 Å². The first kappa shape index (κ1) is 18.3. The Morgan fingerprint density at radius 3 is 2.58 bits per heavy atom. The number of rotatable bonds is 6. The molecule has 2 aromatic carbocycles. The number of esters is 1. The van der Waals surface area contributed by atoms with Gasteiger partial charge < -0.3 is 4.74 Å². The lowest BCUT2D eigenvalue weighted by atomic mass is 10.1. The van der Waals surface area contributed by atoms with Crippen molar-refractivity contribution in [2.75, 3.05) is 7.11 Å². The van der Waals surface area contributed by atoms with Gasteiger partial charge in [0.1, 0.15) is 5.57 Å². The van der Waals surface area contributed by atoms with Crippen LogP contribution in [-0.4, -0.2) is 18.9 Å². The van der Waals surface area contributed by atoms with Crippen LogP contribution >= 0.6 is 23.4 Å². The zero-order valence-electron chi connectivity index (χ0n) is 13.4. The van der Waals surface area contributed by atoms with Crippen molar-refractivity contribution in [3.8, 4) is 0 Å². The molecule has 0 N–H and O–H groups in total. The molecule has 0 radical (unpaired) electrons. The molecule has 0 heterocycles. The van der Waals surface area contributed by atoms with E-state index in [1.807, 2.05) is 48.5 Å². The molecule has 0 atom stereocenters. The van der Waals surface area contributed by atoms with E-state index in [0.717, 1.165) is 21.8 Å². The molecule has 2 aromatic rings. The predicted molar refractivity (Wildman–Crippen MR) is 98.1 cm³/mol. The molecule has 0 saturated carbocycles. The normalized spacial score (nSPS) is 11.2. The number of carbonyl (C=O) groups is 2. The van der Waals surface area contributed by atoms with Crippen molar-refractivity contribution in [1.82, 2.24) is 0 Å². The zero-order valence-corrected chi connectivity index (χ0v) is 15.0. The average molecular weight is 361 g/mol. The highest BCUT2D eigenvalue weighted by Crippen LogP contribution is 2.28. The van der Waals surface area contributed by atoms with Crippen molar-refractivity contribution in [2.24, 2.45) is 0 Å². The minimum Gasteiger partial charge on any atom is -0.465 e. The van der Waals surface area contributed by atoms with Crippen molar-refractivity contribution < 1.29 is 14.3 Å². The number of hydrogen-bond acceptors (Lipinski definition) is 4. The summed E-state index contributed by atoms with van der Waals surface area (Å²) in [4.78, 5) is 24.4. The highest BCUT2D eigenvalue weighted by Gasteiger charge is 2.15. The predicted octanol–water partition coefficient (Wildman–Crippen LogP) is 4.78. The number of carbonyl (C=O) groups excluding carboxylic acids is 2. The van der Waals surface area contributed by atoms with Gasteiger partial charge in [-0.2, -0.15) is 0 Å². The van der Waals surface area contributed by atoms with Gasteiger partial charge in [-0.3, -0.25) is 4.79 Å². The van der Waals surface area contributed by atoms with Gasteiger partial charge in [0.25, 0.3) is 0 Å². The molecule has 5 heteroatoms. The van der Waals surface area contributed by atoms with Gasteiger partial charge in [-0.15, -0.1) is 11.8 Å². The summed E-state index contributed by atoms with van der Waals surface area (Å²) in [6, 6.07) is 15.3. The summed E-state index contributed by atoms with van der Waals surface area (Å²) < 4.78 is 4.68. The Morgan fingerprint density at radius 2 is 1.92 bits per heavy atom. The van der Waals surface area contributed by atoms with Crippen LogP contribution in [0.25, 0.3) is 6.08 Å². The Bertz CT molecular complexity index is 784. The van der Waals surface area contributed by atoms with Gasteiger partial charge in [-0.25, -0.2) is 4.79 Å². The fourth-order valence-corrected chi connectivity index (χ4v) is 3.27. The summed E-state index contributed by atoms with van der Waals surface area (Å²) >= 11 is 7.62. The molecule has 0 unspecified atom stereocenters. The molecular formula is C19H17ClO3S. The molecule has 24 heavy (non-hydrogen) atoms. The van der Waals surface area contributed by atoms with Gasteiger partial charge in [-0.05, 0) is 42.3 Å². The fraction of sp³-hybridized carbons (Fsp3) is 0.158. The molecule has 124 valence electrons. The van der Waals surface area contributed by atoms with E-state index in [0.29, 0.717) is 5.02 Å². The van der Waals surface area contributed by atoms with Gasteiger partial charge in [-0.1, -0.05) is 41.9 Å². The van der Waals surface area contributed by atoms with E-state index in [1.165, 1.54) is 14.0 Å². The third-order valence-corrected chi connectivity index (χ3v) is 4.68. The van der Waals surface area contributed by atoms with E-state index in [2.05, 4.69) is 4.74 Å². The van der Waals surface area contributed by atoms with Crippen molar-refractivity contribution in [3.05, 3.63) is 70.3 Å². The zero-order chi connectivity index (χ0) is 17.5. The maximum absolute atomic E-state index is 11.8. The van der Waals surface area contributed by atoms with E-state index in [1.54, 1.807) is 17.8 Å². The van der Waals surface area contributed by atoms with E-state index in [9.17, 15) is 9.59 Å². The Labute approximate surface area is 150 Å². The molecule has 0 aliphatic carbocycles. The van der Waals surface area contributed by atoms with Gasteiger partial charge in [0.15, 0.2) is 5.78 Å². The largest absolute Gasteiger partial charge is 0.465 e. The lowest BCUT2D eigenvalue weighted by Crippen LogP contribution is -2.11. The minimum absolute atomic E-state index is 0.0355. The number of benzene rings is 2. The number of methoxy groups -OCH3 is 1. The number of ketones is 1. The van der Waals surface area contributed by atoms with E-state index >= 15 is 0 Å². The van der Waals surface area contributed by atoms with Crippen LogP contribution in [0.15, 0.2) is 59.0 Å². The molecule has 2 rings (SSSR count). The molecule has 0 amide bonds. The first-order valence-corrected chi connectivity index (χ1v) is 8.65. The number of Topliss-reactive ketones (excluding diaryl/α,β-unsaturated/α-hetero) is 1. The monoisotopic (exact) mass is 360 g/mol. The minimum atomic E-state index is -0.628. The first-order valence-electron chi connectivity index (χ1n) is 7.28. The smallest absolute Gasteiger partial charge is 0.341 e. The molecule has 0 aromatic heterocycles. The van der Waals surface area contributed by atoms with Crippen LogP contribution in [0.3, 0.4) is 0 Å². The Hall–Kier alpha value is -2.04. The van der Waals surface area contributed by atoms with Gasteiger partial charge in [0, 0.05) is 15.7 Å². The molecule has 0 saturated heterocycles. The quantitative estimate of drug-likeness (QED) is 0.244. The van der Waals surface area contributed by atoms with Crippen LogP contribution in [0, 0.1) is 0 Å². The molecule has 0 fully saturated rings. The second-order valence-electron chi connectivity index (χ2n) is 5.06. The highest BCUT2D eigenvalue weighted by molar-refractivity contribution is 7.98. The van der Waals surface area contributed by atoms with E-state index in [-0.39, 0.29) is 11.4 Å². The van der Waals surface area contributed by atoms with E-state index < -0.39 is 5.97 Å². The maximum atomic E-state index is 11.8. The second kappa shape index (κ2) is 8.71. The first-order chi connectivity index (χ1) is 11.5. The van der Waals surface area contributed by atoms with E-state index in [4.69, 9.17) is 11.6 Å². The summed E-state index contributed by atoms with van der Waals surface area (Å²) in [6.45, 7) is 1.35. The van der Waals surface area contributed by atoms with Crippen LogP contribution in [0.2, 0.25) is 5.02 Å². The molecule has 0 spiro atoms. The summed E-state index contributed by atoms with van der Waals surface area (Å²) in [5.74, 6) is -0.215. The van der Waals surface area contributed by atoms with Crippen molar-refractivity contribution in [3.63, 3.8) is 0 Å². The Kier molecular flexibility index (Phi) is 6.64. The molecule has 3 nitrogen and oxygen atoms in total. The Morgan fingerprint density at radius 1 is 1.17 bits per heavy atom. The molecular weight excluding hydrogens is 344 g/mol. The van der Waals surface area contributed by atoms with Crippen molar-refractivity contribution >= 4 is 41.2 Å². The van der Waals surface area contributed by atoms with Crippen LogP contribution in [0.4, 0.5) is 0 Å². The maximum Gasteiger partial charge on any atom is 0.341 e. The lowest BCUT2D eigenvalue weighted by molar-refractivity contribution is -0.137. The fourth-order valence-electron chi connectivity index (χ4n) is 2.09. The lowest BCUT2D eigenvalue weighted by Gasteiger charge is -2.08. The SMILES string of the molecule is COC(=O)/C(=C/c1ccccc1SCc1cccc(Cl)c1)C(C)=O. The van der Waals surface area contributed by atoms with Gasteiger partial charge >= 0.3 is 5.97 Å². The number of hydrogen-bond donors (Lipinski definition) is 0. The van der Waals surface area contributed by atoms with Crippen LogP contribution in [-0.2, 0) is 20.1 Å². The topological polar surface area (TPSA) is 43.4 Å². The number of halogens is 1. The molecule has 0 bridgehead atoms. The van der Waals surface area contributed by atoms with Crippen LogP contribution in [0.1, 0.15) is 18.1 Å². The highest BCUT2D eigenvalue weighted by atomic mass is 35.5. The third kappa shape index (κ3) is 4.98. The number of ether oxygens (including phenoxy) is 1. The summed E-state index contributed by atoms with van der Waals surface area (Å²) in [5.41, 5.74) is 1.94. The standard InChI is InChI=1S/C19H17ClO3S/c1-13(21)17(19(22)23-2)11-15-7-3-4-9-18(15)24-12-14-6-5-8-16(20)10-14/h3-11H,12H2,1-2H3/b17-11+. The summed E-state index contributed by atoms with van der Waals surface area (Å²) in [5, 5.41) is 0.700.